The fourth-order valence-corrected chi connectivity index (χ4v) is 7.52. The Morgan fingerprint density at radius 3 is 1.44 bits per heavy atom. The van der Waals surface area contributed by atoms with E-state index in [1.807, 2.05) is 21.1 Å². The first-order valence-electron chi connectivity index (χ1n) is 23.0. The zero-order valence-corrected chi connectivity index (χ0v) is 37.3. The highest BCUT2D eigenvalue weighted by molar-refractivity contribution is 7.45. The number of aliphatic hydroxyl groups excluding tert-OH is 1. The van der Waals surface area contributed by atoms with Crippen LogP contribution in [0, 0.1) is 0 Å². The molecule has 0 rings (SSSR count). The molecule has 0 saturated carbocycles. The van der Waals surface area contributed by atoms with E-state index in [4.69, 9.17) is 9.05 Å². The van der Waals surface area contributed by atoms with Crippen molar-refractivity contribution >= 4 is 13.7 Å². The lowest BCUT2D eigenvalue weighted by atomic mass is 10.0. The van der Waals surface area contributed by atoms with Crippen LogP contribution in [0.1, 0.15) is 219 Å². The van der Waals surface area contributed by atoms with E-state index in [0.717, 1.165) is 38.5 Å². The zero-order valence-electron chi connectivity index (χ0n) is 36.4. The summed E-state index contributed by atoms with van der Waals surface area (Å²) in [5, 5.41) is 13.9. The van der Waals surface area contributed by atoms with Gasteiger partial charge >= 0.3 is 0 Å². The predicted molar refractivity (Wildman–Crippen MR) is 229 cm³/mol. The molecule has 0 heterocycles. The average Bonchev–Trinajstić information content (AvgIpc) is 3.12. The van der Waals surface area contributed by atoms with Gasteiger partial charge in [-0.05, 0) is 38.5 Å². The molecular weight excluding hydrogens is 695 g/mol. The first kappa shape index (κ1) is 53.2. The van der Waals surface area contributed by atoms with Crippen molar-refractivity contribution in [1.29, 1.82) is 0 Å². The molecule has 0 aliphatic carbocycles. The normalized spacial score (nSPS) is 14.4. The van der Waals surface area contributed by atoms with Gasteiger partial charge in [0, 0.05) is 6.42 Å². The van der Waals surface area contributed by atoms with Gasteiger partial charge in [-0.1, -0.05) is 187 Å². The summed E-state index contributed by atoms with van der Waals surface area (Å²) in [5.41, 5.74) is 0. The number of carbonyl (C=O) groups is 1. The minimum atomic E-state index is -4.56. The van der Waals surface area contributed by atoms with Crippen LogP contribution in [0.15, 0.2) is 12.2 Å². The molecule has 2 N–H and O–H groups in total. The smallest absolute Gasteiger partial charge is 0.268 e. The van der Waals surface area contributed by atoms with Crippen LogP contribution in [-0.4, -0.2) is 68.5 Å². The SMILES string of the molecule is CCCCCCCC/C=C/CCCCCCCCCCCC(=O)N[C@@H](COP(=O)([O-])OCC[N+](C)(C)C)[C@H](O)CCCCCCCCCCCCCCC. The van der Waals surface area contributed by atoms with Gasteiger partial charge in [-0.3, -0.25) is 9.36 Å². The van der Waals surface area contributed by atoms with Crippen LogP contribution in [0.2, 0.25) is 0 Å². The fraction of sp³-hybridized carbons (Fsp3) is 0.933. The summed E-state index contributed by atoms with van der Waals surface area (Å²) in [5.74, 6) is -0.166. The lowest BCUT2D eigenvalue weighted by Gasteiger charge is -2.30. The second-order valence-corrected chi connectivity index (χ2v) is 18.5. The standard InChI is InChI=1S/C45H91N2O6P/c1-6-8-10-12-14-16-18-20-21-22-23-24-25-27-29-31-33-35-37-39-45(49)46-43(42-53-54(50,51)52-41-40-47(3,4)5)44(48)38-36-34-32-30-28-26-19-17-15-13-11-9-7-2/h20-21,43-44,48H,6-19,22-42H2,1-5H3,(H-,46,49,50,51)/b21-20+/t43-,44+/m0/s1. The predicted octanol–water partition coefficient (Wildman–Crippen LogP) is 12.1. The maximum Gasteiger partial charge on any atom is 0.268 e. The molecule has 9 heteroatoms. The van der Waals surface area contributed by atoms with Crippen molar-refractivity contribution in [3.8, 4) is 0 Å². The first-order valence-corrected chi connectivity index (χ1v) is 24.5. The van der Waals surface area contributed by atoms with Crippen molar-refractivity contribution in [1.82, 2.24) is 5.32 Å². The lowest BCUT2D eigenvalue weighted by Crippen LogP contribution is -2.46. The summed E-state index contributed by atoms with van der Waals surface area (Å²) < 4.78 is 23.3. The molecule has 0 aliphatic heterocycles. The number of rotatable bonds is 42. The highest BCUT2D eigenvalue weighted by atomic mass is 31.2. The van der Waals surface area contributed by atoms with Crippen LogP contribution in [0.3, 0.4) is 0 Å². The maximum atomic E-state index is 12.9. The molecule has 322 valence electrons. The lowest BCUT2D eigenvalue weighted by molar-refractivity contribution is -0.870. The Morgan fingerprint density at radius 2 is 1.02 bits per heavy atom. The number of likely N-dealkylation sites (N-methyl/N-ethyl adjacent to an activating group) is 1. The number of hydrogen-bond donors (Lipinski definition) is 2. The second-order valence-electron chi connectivity index (χ2n) is 17.1. The molecule has 0 aromatic rings. The van der Waals surface area contributed by atoms with E-state index in [1.54, 1.807) is 0 Å². The van der Waals surface area contributed by atoms with Gasteiger partial charge < -0.3 is 28.8 Å². The highest BCUT2D eigenvalue weighted by Crippen LogP contribution is 2.38. The number of carbonyl (C=O) groups excluding carboxylic acids is 1. The molecule has 0 aromatic carbocycles. The van der Waals surface area contributed by atoms with Gasteiger partial charge in [0.05, 0.1) is 39.9 Å². The number of nitrogens with one attached hydrogen (secondary N) is 1. The van der Waals surface area contributed by atoms with Crippen LogP contribution in [0.25, 0.3) is 0 Å². The molecule has 0 spiro atoms. The van der Waals surface area contributed by atoms with E-state index in [0.29, 0.717) is 23.9 Å². The van der Waals surface area contributed by atoms with Crippen molar-refractivity contribution in [2.45, 2.75) is 231 Å². The van der Waals surface area contributed by atoms with E-state index in [1.165, 1.54) is 154 Å². The third-order valence-electron chi connectivity index (χ3n) is 10.5. The van der Waals surface area contributed by atoms with Crippen LogP contribution >= 0.6 is 7.82 Å². The topological polar surface area (TPSA) is 108 Å². The highest BCUT2D eigenvalue weighted by Gasteiger charge is 2.24. The Labute approximate surface area is 335 Å². The molecule has 54 heavy (non-hydrogen) atoms. The van der Waals surface area contributed by atoms with Crippen LogP contribution in [0.5, 0.6) is 0 Å². The number of phosphoric ester groups is 1. The zero-order chi connectivity index (χ0) is 40.0. The molecule has 0 saturated heterocycles. The first-order chi connectivity index (χ1) is 26.0. The van der Waals surface area contributed by atoms with Crippen molar-refractivity contribution in [3.63, 3.8) is 0 Å². The molecule has 8 nitrogen and oxygen atoms in total. The van der Waals surface area contributed by atoms with Gasteiger partial charge in [0.1, 0.15) is 13.2 Å². The Bertz CT molecular complexity index is 896. The quantitative estimate of drug-likeness (QED) is 0.0276. The number of allylic oxidation sites excluding steroid dienone is 2. The largest absolute Gasteiger partial charge is 0.756 e. The van der Waals surface area contributed by atoms with Gasteiger partial charge in [0.2, 0.25) is 5.91 Å². The summed E-state index contributed by atoms with van der Waals surface area (Å²) in [6.07, 6.45) is 42.1. The molecule has 0 aliphatic rings. The molecule has 3 atom stereocenters. The molecule has 1 unspecified atom stereocenters. The van der Waals surface area contributed by atoms with Crippen LogP contribution in [-0.2, 0) is 18.4 Å². The van der Waals surface area contributed by atoms with E-state index in [9.17, 15) is 19.4 Å². The molecule has 1 amide bonds. The van der Waals surface area contributed by atoms with Crippen molar-refractivity contribution < 1.29 is 32.9 Å². The second kappa shape index (κ2) is 37.8. The number of quaternary nitrogens is 1. The minimum Gasteiger partial charge on any atom is -0.756 e. The van der Waals surface area contributed by atoms with Gasteiger partial charge in [0.25, 0.3) is 7.82 Å². The molecule has 0 aromatic heterocycles. The number of nitrogens with zero attached hydrogens (tertiary/aromatic N) is 1. The number of unbranched alkanes of at least 4 members (excludes halogenated alkanes) is 27. The Hall–Kier alpha value is -0.760. The summed E-state index contributed by atoms with van der Waals surface area (Å²) >= 11 is 0. The fourth-order valence-electron chi connectivity index (χ4n) is 6.80. The number of phosphoric acid groups is 1. The minimum absolute atomic E-state index is 0.0137. The van der Waals surface area contributed by atoms with Gasteiger partial charge in [-0.15, -0.1) is 0 Å². The third kappa shape index (κ3) is 39.5. The Kier molecular flexibility index (Phi) is 37.3. The molecule has 0 fully saturated rings. The van der Waals surface area contributed by atoms with Crippen molar-refractivity contribution in [2.24, 2.45) is 0 Å². The van der Waals surface area contributed by atoms with Gasteiger partial charge in [0.15, 0.2) is 0 Å². The Morgan fingerprint density at radius 1 is 0.630 bits per heavy atom. The summed E-state index contributed by atoms with van der Waals surface area (Å²) in [6.45, 7) is 4.72. The van der Waals surface area contributed by atoms with Crippen molar-refractivity contribution in [3.05, 3.63) is 12.2 Å². The monoisotopic (exact) mass is 787 g/mol. The van der Waals surface area contributed by atoms with Gasteiger partial charge in [-0.25, -0.2) is 0 Å². The van der Waals surface area contributed by atoms with E-state index >= 15 is 0 Å². The summed E-state index contributed by atoms with van der Waals surface area (Å²) in [6, 6.07) is -0.796. The Balaban J connectivity index is 4.30. The number of aliphatic hydroxyl groups is 1. The molecular formula is C45H91N2O6P. The molecule has 0 radical (unpaired) electrons. The summed E-state index contributed by atoms with van der Waals surface area (Å²) in [7, 11) is 1.31. The van der Waals surface area contributed by atoms with Crippen LogP contribution < -0.4 is 10.2 Å². The molecule has 0 bridgehead atoms. The third-order valence-corrected chi connectivity index (χ3v) is 11.5. The number of hydrogen-bond acceptors (Lipinski definition) is 6. The van der Waals surface area contributed by atoms with E-state index in [2.05, 4.69) is 31.3 Å². The van der Waals surface area contributed by atoms with Crippen molar-refractivity contribution in [2.75, 3.05) is 40.9 Å². The van der Waals surface area contributed by atoms with Gasteiger partial charge in [-0.2, -0.15) is 0 Å². The average molecular weight is 787 g/mol. The van der Waals surface area contributed by atoms with Crippen LogP contribution in [0.4, 0.5) is 0 Å². The maximum absolute atomic E-state index is 12.9. The number of amides is 1. The van der Waals surface area contributed by atoms with E-state index in [-0.39, 0.29) is 19.1 Å². The summed E-state index contributed by atoms with van der Waals surface area (Å²) in [4.78, 5) is 25.3. The van der Waals surface area contributed by atoms with E-state index < -0.39 is 20.0 Å².